The fraction of sp³-hybridized carbons (Fsp3) is 0.312. The lowest BCUT2D eigenvalue weighted by Crippen LogP contribution is -2.08. The first-order valence-corrected chi connectivity index (χ1v) is 7.11. The van der Waals surface area contributed by atoms with E-state index in [1.165, 1.54) is 18.2 Å². The summed E-state index contributed by atoms with van der Waals surface area (Å²) in [5, 5.41) is 9.71. The van der Waals surface area contributed by atoms with Gasteiger partial charge in [-0.2, -0.15) is 0 Å². The number of carbonyl (C=O) groups is 1. The van der Waals surface area contributed by atoms with E-state index in [0.29, 0.717) is 16.5 Å². The SMILES string of the molecule is CC(C)Cc1cc(C(=O)O)n(Cc2cc(F)ccc2Cl)c1. The highest BCUT2D eigenvalue weighted by atomic mass is 35.5. The van der Waals surface area contributed by atoms with Crippen molar-refractivity contribution in [2.24, 2.45) is 5.92 Å². The summed E-state index contributed by atoms with van der Waals surface area (Å²) in [6.45, 7) is 4.37. The number of aromatic nitrogens is 1. The van der Waals surface area contributed by atoms with Crippen molar-refractivity contribution in [3.63, 3.8) is 0 Å². The van der Waals surface area contributed by atoms with Crippen LogP contribution in [0.5, 0.6) is 0 Å². The zero-order valence-corrected chi connectivity index (χ0v) is 12.7. The van der Waals surface area contributed by atoms with Crippen LogP contribution < -0.4 is 0 Å². The van der Waals surface area contributed by atoms with Crippen LogP contribution in [0.15, 0.2) is 30.5 Å². The summed E-state index contributed by atoms with van der Waals surface area (Å²) >= 11 is 6.04. The van der Waals surface area contributed by atoms with E-state index in [1.54, 1.807) is 16.8 Å². The highest BCUT2D eigenvalue weighted by molar-refractivity contribution is 6.31. The van der Waals surface area contributed by atoms with Crippen molar-refractivity contribution in [3.05, 3.63) is 58.1 Å². The van der Waals surface area contributed by atoms with Crippen molar-refractivity contribution in [1.29, 1.82) is 0 Å². The highest BCUT2D eigenvalue weighted by Crippen LogP contribution is 2.21. The molecule has 0 aliphatic carbocycles. The Balaban J connectivity index is 2.36. The number of carboxylic acids is 1. The Bertz CT molecular complexity index is 664. The fourth-order valence-electron chi connectivity index (χ4n) is 2.31. The maximum Gasteiger partial charge on any atom is 0.352 e. The first-order valence-electron chi connectivity index (χ1n) is 6.73. The molecule has 0 aliphatic rings. The Kier molecular flexibility index (Phi) is 4.68. The molecule has 0 bridgehead atoms. The van der Waals surface area contributed by atoms with Gasteiger partial charge in [-0.05, 0) is 47.7 Å². The van der Waals surface area contributed by atoms with Gasteiger partial charge in [-0.15, -0.1) is 0 Å². The largest absolute Gasteiger partial charge is 0.477 e. The Labute approximate surface area is 128 Å². The lowest BCUT2D eigenvalue weighted by molar-refractivity contribution is 0.0685. The summed E-state index contributed by atoms with van der Waals surface area (Å²) in [6.07, 6.45) is 2.59. The van der Waals surface area contributed by atoms with E-state index in [4.69, 9.17) is 11.6 Å². The lowest BCUT2D eigenvalue weighted by atomic mass is 10.1. The zero-order valence-electron chi connectivity index (χ0n) is 11.9. The van der Waals surface area contributed by atoms with Crippen LogP contribution in [0.3, 0.4) is 0 Å². The van der Waals surface area contributed by atoms with Gasteiger partial charge in [-0.1, -0.05) is 25.4 Å². The van der Waals surface area contributed by atoms with Crippen LogP contribution in [-0.2, 0) is 13.0 Å². The molecule has 5 heteroatoms. The molecule has 0 saturated heterocycles. The topological polar surface area (TPSA) is 42.2 Å². The standard InChI is InChI=1S/C16H17ClFNO2/c1-10(2)5-11-6-15(16(20)21)19(8-11)9-12-7-13(18)3-4-14(12)17/h3-4,6-8,10H,5,9H2,1-2H3,(H,20,21). The summed E-state index contributed by atoms with van der Waals surface area (Å²) in [7, 11) is 0. The summed E-state index contributed by atoms with van der Waals surface area (Å²) in [4.78, 5) is 11.3. The average molecular weight is 310 g/mol. The predicted molar refractivity (Wildman–Crippen MR) is 80.4 cm³/mol. The third-order valence-electron chi connectivity index (χ3n) is 3.16. The highest BCUT2D eigenvalue weighted by Gasteiger charge is 2.14. The number of benzene rings is 1. The van der Waals surface area contributed by atoms with Crippen molar-refractivity contribution in [3.8, 4) is 0 Å². The molecule has 21 heavy (non-hydrogen) atoms. The van der Waals surface area contributed by atoms with E-state index in [1.807, 2.05) is 0 Å². The molecule has 2 aromatic rings. The van der Waals surface area contributed by atoms with Gasteiger partial charge in [0.15, 0.2) is 0 Å². The lowest BCUT2D eigenvalue weighted by Gasteiger charge is -2.08. The van der Waals surface area contributed by atoms with Gasteiger partial charge in [0.25, 0.3) is 0 Å². The number of halogens is 2. The second-order valence-corrected chi connectivity index (χ2v) is 5.91. The predicted octanol–water partition coefficient (Wildman–Crippen LogP) is 4.23. The number of aromatic carboxylic acids is 1. The summed E-state index contributed by atoms with van der Waals surface area (Å²) in [5.41, 5.74) is 1.70. The molecule has 0 unspecified atom stereocenters. The summed E-state index contributed by atoms with van der Waals surface area (Å²) < 4.78 is 14.9. The minimum Gasteiger partial charge on any atom is -0.477 e. The number of rotatable bonds is 5. The zero-order chi connectivity index (χ0) is 15.6. The van der Waals surface area contributed by atoms with Gasteiger partial charge >= 0.3 is 5.97 Å². The molecule has 0 spiro atoms. The number of hydrogen-bond donors (Lipinski definition) is 1. The van der Waals surface area contributed by atoms with Crippen molar-refractivity contribution >= 4 is 17.6 Å². The minimum atomic E-state index is -1.00. The third kappa shape index (κ3) is 3.85. The maximum absolute atomic E-state index is 13.3. The van der Waals surface area contributed by atoms with E-state index in [-0.39, 0.29) is 18.1 Å². The fourth-order valence-corrected chi connectivity index (χ4v) is 2.49. The second kappa shape index (κ2) is 6.31. The summed E-state index contributed by atoms with van der Waals surface area (Å²) in [5.74, 6) is -0.960. The normalized spacial score (nSPS) is 11.1. The van der Waals surface area contributed by atoms with E-state index in [9.17, 15) is 14.3 Å². The molecule has 0 fully saturated rings. The molecule has 0 radical (unpaired) electrons. The Morgan fingerprint density at radius 1 is 1.38 bits per heavy atom. The molecule has 1 N–H and O–H groups in total. The summed E-state index contributed by atoms with van der Waals surface area (Å²) in [6, 6.07) is 5.75. The van der Waals surface area contributed by atoms with Crippen LogP contribution in [0.2, 0.25) is 5.02 Å². The quantitative estimate of drug-likeness (QED) is 0.898. The van der Waals surface area contributed by atoms with E-state index >= 15 is 0 Å². The molecule has 0 atom stereocenters. The number of hydrogen-bond acceptors (Lipinski definition) is 1. The molecule has 1 aromatic heterocycles. The van der Waals surface area contributed by atoms with E-state index in [2.05, 4.69) is 13.8 Å². The molecule has 112 valence electrons. The van der Waals surface area contributed by atoms with E-state index in [0.717, 1.165) is 12.0 Å². The van der Waals surface area contributed by atoms with Gasteiger partial charge in [0.05, 0.1) is 0 Å². The van der Waals surface area contributed by atoms with Crippen LogP contribution in [0, 0.1) is 11.7 Å². The Morgan fingerprint density at radius 2 is 2.10 bits per heavy atom. The van der Waals surface area contributed by atoms with Gasteiger partial charge in [0.1, 0.15) is 11.5 Å². The van der Waals surface area contributed by atoms with Gasteiger partial charge in [0.2, 0.25) is 0 Å². The maximum atomic E-state index is 13.3. The molecular formula is C16H17ClFNO2. The van der Waals surface area contributed by atoms with Crippen LogP contribution in [0.4, 0.5) is 4.39 Å². The molecule has 0 aliphatic heterocycles. The van der Waals surface area contributed by atoms with Gasteiger partial charge in [0, 0.05) is 17.8 Å². The van der Waals surface area contributed by atoms with Crippen LogP contribution in [0.1, 0.15) is 35.5 Å². The molecule has 3 nitrogen and oxygen atoms in total. The van der Waals surface area contributed by atoms with Crippen molar-refractivity contribution < 1.29 is 14.3 Å². The first-order chi connectivity index (χ1) is 9.86. The van der Waals surface area contributed by atoms with Crippen molar-refractivity contribution in [2.75, 3.05) is 0 Å². The molecule has 1 aromatic carbocycles. The van der Waals surface area contributed by atoms with Crippen LogP contribution in [0.25, 0.3) is 0 Å². The smallest absolute Gasteiger partial charge is 0.352 e. The number of nitrogens with zero attached hydrogens (tertiary/aromatic N) is 1. The van der Waals surface area contributed by atoms with Crippen LogP contribution in [-0.4, -0.2) is 15.6 Å². The van der Waals surface area contributed by atoms with Gasteiger partial charge in [-0.25, -0.2) is 9.18 Å². The molecular weight excluding hydrogens is 293 g/mol. The second-order valence-electron chi connectivity index (χ2n) is 5.50. The van der Waals surface area contributed by atoms with E-state index < -0.39 is 5.97 Å². The molecule has 0 saturated carbocycles. The number of carboxylic acid groups (broad SMARTS) is 1. The van der Waals surface area contributed by atoms with Crippen LogP contribution >= 0.6 is 11.6 Å². The van der Waals surface area contributed by atoms with Crippen molar-refractivity contribution in [2.45, 2.75) is 26.8 Å². The average Bonchev–Trinajstić information content (AvgIpc) is 2.76. The molecule has 1 heterocycles. The Morgan fingerprint density at radius 3 is 2.71 bits per heavy atom. The van der Waals surface area contributed by atoms with Gasteiger partial charge < -0.3 is 9.67 Å². The molecule has 0 amide bonds. The third-order valence-corrected chi connectivity index (χ3v) is 3.53. The monoisotopic (exact) mass is 309 g/mol. The first kappa shape index (κ1) is 15.6. The molecule has 2 rings (SSSR count). The van der Waals surface area contributed by atoms with Gasteiger partial charge in [-0.3, -0.25) is 0 Å². The van der Waals surface area contributed by atoms with Crippen molar-refractivity contribution in [1.82, 2.24) is 4.57 Å². The minimum absolute atomic E-state index is 0.186. The Hall–Kier alpha value is -1.81.